The second-order valence-corrected chi connectivity index (χ2v) is 7.67. The van der Waals surface area contributed by atoms with Crippen molar-refractivity contribution in [1.29, 1.82) is 0 Å². The first-order valence-electron chi connectivity index (χ1n) is 7.80. The number of rotatable bonds is 5. The molecule has 1 aliphatic rings. The third kappa shape index (κ3) is 4.05. The van der Waals surface area contributed by atoms with Gasteiger partial charge >= 0.3 is 12.1 Å². The quantitative estimate of drug-likeness (QED) is 0.372. The number of aliphatic hydroxyl groups excluding tert-OH is 1. The maximum atomic E-state index is 13.9. The second-order valence-electron chi connectivity index (χ2n) is 6.82. The van der Waals surface area contributed by atoms with Gasteiger partial charge in [0.15, 0.2) is 23.3 Å². The number of halogens is 8. The average Bonchev–Trinajstić information content (AvgIpc) is 3.13. The van der Waals surface area contributed by atoms with Gasteiger partial charge in [-0.1, -0.05) is 19.9 Å². The summed E-state index contributed by atoms with van der Waals surface area (Å²) in [5.41, 5.74) is -3.34. The van der Waals surface area contributed by atoms with Crippen LogP contribution in [0.4, 0.5) is 30.7 Å². The summed E-state index contributed by atoms with van der Waals surface area (Å²) in [7, 11) is 0. The van der Waals surface area contributed by atoms with Crippen LogP contribution in [0.15, 0.2) is 10.6 Å². The summed E-state index contributed by atoms with van der Waals surface area (Å²) in [6.45, 7) is 0.532. The number of hydrogen-bond donors (Lipinski definition) is 1. The molecule has 28 heavy (non-hydrogen) atoms. The minimum absolute atomic E-state index is 0.794. The molecule has 3 nitrogen and oxygen atoms in total. The molecule has 0 amide bonds. The largest absolute Gasteiger partial charge is 0.460 e. The maximum Gasteiger partial charge on any atom is 0.422 e. The lowest BCUT2D eigenvalue weighted by atomic mass is 10.1. The Hall–Kier alpha value is -1.62. The molecule has 0 aromatic heterocycles. The first-order valence-corrected chi connectivity index (χ1v) is 8.60. The number of alkyl halides is 3. The Morgan fingerprint density at radius 2 is 1.57 bits per heavy atom. The fourth-order valence-electron chi connectivity index (χ4n) is 2.91. The highest BCUT2D eigenvalue weighted by atomic mass is 79.9. The third-order valence-corrected chi connectivity index (χ3v) is 5.44. The van der Waals surface area contributed by atoms with Crippen LogP contribution in [0.2, 0.25) is 0 Å². The molecule has 2 atom stereocenters. The summed E-state index contributed by atoms with van der Waals surface area (Å²) in [4.78, 5) is 12.1. The van der Waals surface area contributed by atoms with Crippen molar-refractivity contribution in [1.82, 2.24) is 0 Å². The summed E-state index contributed by atoms with van der Waals surface area (Å²) in [5, 5.41) is 8.77. The van der Waals surface area contributed by atoms with E-state index in [4.69, 9.17) is 5.11 Å². The van der Waals surface area contributed by atoms with E-state index in [1.807, 2.05) is 0 Å². The van der Waals surface area contributed by atoms with Gasteiger partial charge in [-0.3, -0.25) is 4.79 Å². The molecule has 1 fully saturated rings. The summed E-state index contributed by atoms with van der Waals surface area (Å²) in [5.74, 6) is -10.3. The molecule has 11 heteroatoms. The Labute approximate surface area is 163 Å². The van der Waals surface area contributed by atoms with Crippen molar-refractivity contribution in [3.63, 3.8) is 0 Å². The highest BCUT2D eigenvalue weighted by Gasteiger charge is 2.62. The molecule has 0 unspecified atom stereocenters. The zero-order valence-corrected chi connectivity index (χ0v) is 16.0. The van der Waals surface area contributed by atoms with Gasteiger partial charge in [0, 0.05) is 0 Å². The van der Waals surface area contributed by atoms with E-state index in [1.165, 1.54) is 13.8 Å². The van der Waals surface area contributed by atoms with Gasteiger partial charge in [-0.05, 0) is 27.3 Å². The maximum absolute atomic E-state index is 13.9. The fraction of sp³-hybridized carbons (Fsp3) is 0.471. The Morgan fingerprint density at radius 3 is 2.00 bits per heavy atom. The van der Waals surface area contributed by atoms with Crippen molar-refractivity contribution in [2.45, 2.75) is 33.2 Å². The van der Waals surface area contributed by atoms with Crippen molar-refractivity contribution in [3.05, 3.63) is 45.0 Å². The molecule has 1 aromatic rings. The van der Waals surface area contributed by atoms with Crippen LogP contribution in [-0.2, 0) is 22.7 Å². The van der Waals surface area contributed by atoms with Crippen LogP contribution in [0.1, 0.15) is 25.0 Å². The molecule has 0 aliphatic heterocycles. The second kappa shape index (κ2) is 7.66. The molecule has 0 heterocycles. The van der Waals surface area contributed by atoms with Crippen molar-refractivity contribution >= 4 is 21.9 Å². The van der Waals surface area contributed by atoms with Gasteiger partial charge in [-0.25, -0.2) is 17.6 Å². The molecule has 2 rings (SSSR count). The molecule has 156 valence electrons. The minimum atomic E-state index is -4.65. The zero-order chi connectivity index (χ0) is 21.6. The Bertz CT molecular complexity index is 804. The van der Waals surface area contributed by atoms with Crippen molar-refractivity contribution in [2.75, 3.05) is 0 Å². The molecule has 0 radical (unpaired) electrons. The fourth-order valence-corrected chi connectivity index (χ4v) is 3.20. The molecule has 0 saturated heterocycles. The Morgan fingerprint density at radius 1 is 1.11 bits per heavy atom. The average molecular weight is 479 g/mol. The van der Waals surface area contributed by atoms with E-state index >= 15 is 0 Å². The van der Waals surface area contributed by atoms with Crippen LogP contribution in [-0.4, -0.2) is 17.3 Å². The molecule has 1 aliphatic carbocycles. The van der Waals surface area contributed by atoms with E-state index in [2.05, 4.69) is 20.7 Å². The van der Waals surface area contributed by atoms with Gasteiger partial charge < -0.3 is 9.84 Å². The number of allylic oxidation sites excluding steroid dienone is 2. The first-order chi connectivity index (χ1) is 12.7. The first kappa shape index (κ1) is 22.7. The van der Waals surface area contributed by atoms with Crippen LogP contribution in [0.3, 0.4) is 0 Å². The van der Waals surface area contributed by atoms with E-state index in [1.54, 1.807) is 0 Å². The number of carbonyl (C=O) groups excluding carboxylic acids is 1. The van der Waals surface area contributed by atoms with Crippen molar-refractivity contribution < 1.29 is 45.4 Å². The van der Waals surface area contributed by atoms with Crippen molar-refractivity contribution in [2.24, 2.45) is 17.3 Å². The van der Waals surface area contributed by atoms with Gasteiger partial charge in [0.2, 0.25) is 0 Å². The number of carbonyl (C=O) groups is 1. The summed E-state index contributed by atoms with van der Waals surface area (Å²) in [6.07, 6.45) is -3.86. The number of benzene rings is 1. The van der Waals surface area contributed by atoms with E-state index in [-0.39, 0.29) is 0 Å². The van der Waals surface area contributed by atoms with E-state index in [0.717, 1.165) is 6.08 Å². The number of ether oxygens (including phenoxy) is 1. The number of hydrogen-bond acceptors (Lipinski definition) is 3. The van der Waals surface area contributed by atoms with Crippen LogP contribution in [0.5, 0.6) is 0 Å². The van der Waals surface area contributed by atoms with Crippen LogP contribution < -0.4 is 0 Å². The van der Waals surface area contributed by atoms with E-state index in [0.29, 0.717) is 0 Å². The number of aliphatic hydroxyl groups is 1. The Kier molecular flexibility index (Phi) is 6.20. The lowest BCUT2D eigenvalue weighted by Gasteiger charge is -2.11. The SMILES string of the molecule is CC1(C)[C@@H](C=C(Br)C(F)(F)F)[C@@H]1C(=O)OCc1c(F)c(F)c(CO)c(F)c1F. The topological polar surface area (TPSA) is 46.5 Å². The summed E-state index contributed by atoms with van der Waals surface area (Å²) < 4.78 is 96.4. The number of esters is 1. The summed E-state index contributed by atoms with van der Waals surface area (Å²) >= 11 is 2.37. The predicted octanol–water partition coefficient (Wildman–Crippen LogP) is 4.89. The molecule has 0 bridgehead atoms. The molecule has 1 N–H and O–H groups in total. The van der Waals surface area contributed by atoms with Crippen LogP contribution >= 0.6 is 15.9 Å². The smallest absolute Gasteiger partial charge is 0.422 e. The van der Waals surface area contributed by atoms with E-state index < -0.39 is 81.5 Å². The predicted molar refractivity (Wildman–Crippen MR) is 85.8 cm³/mol. The van der Waals surface area contributed by atoms with E-state index in [9.17, 15) is 35.5 Å². The summed E-state index contributed by atoms with van der Waals surface area (Å²) in [6, 6.07) is 0. The lowest BCUT2D eigenvalue weighted by Crippen LogP contribution is -2.15. The molecule has 1 saturated carbocycles. The molecule has 1 aromatic carbocycles. The van der Waals surface area contributed by atoms with Gasteiger partial charge in [-0.15, -0.1) is 0 Å². The normalized spacial score (nSPS) is 21.6. The highest BCUT2D eigenvalue weighted by molar-refractivity contribution is 9.11. The highest BCUT2D eigenvalue weighted by Crippen LogP contribution is 2.60. The molecular formula is C17H14BrF7O3. The van der Waals surface area contributed by atoms with Gasteiger partial charge in [0.1, 0.15) is 6.61 Å². The third-order valence-electron chi connectivity index (χ3n) is 4.72. The van der Waals surface area contributed by atoms with Gasteiger partial charge in [0.25, 0.3) is 0 Å². The van der Waals surface area contributed by atoms with Gasteiger partial charge in [0.05, 0.1) is 28.1 Å². The van der Waals surface area contributed by atoms with Gasteiger partial charge in [-0.2, -0.15) is 13.2 Å². The lowest BCUT2D eigenvalue weighted by molar-refractivity contribution is -0.147. The standard InChI is InChI=1S/C17H14BrF7O3/c1-16(2)8(3-9(18)17(23,24)25)10(16)15(27)28-5-7-13(21)11(19)6(4-26)12(20)14(7)22/h3,8,10,26H,4-5H2,1-2H3/t8-,10+/m0/s1. The Balaban J connectivity index is 2.18. The molecule has 0 spiro atoms. The van der Waals surface area contributed by atoms with Crippen LogP contribution in [0.25, 0.3) is 0 Å². The monoisotopic (exact) mass is 478 g/mol. The van der Waals surface area contributed by atoms with Crippen LogP contribution in [0, 0.1) is 40.5 Å². The minimum Gasteiger partial charge on any atom is -0.460 e. The zero-order valence-electron chi connectivity index (χ0n) is 14.4. The molecular weight excluding hydrogens is 465 g/mol. The van der Waals surface area contributed by atoms with Crippen molar-refractivity contribution in [3.8, 4) is 0 Å².